The van der Waals surface area contributed by atoms with Crippen LogP contribution in [-0.4, -0.2) is 48.7 Å². The van der Waals surface area contributed by atoms with Gasteiger partial charge in [-0.2, -0.15) is 0 Å². The van der Waals surface area contributed by atoms with E-state index in [2.05, 4.69) is 5.32 Å². The maximum absolute atomic E-state index is 11.3. The molecule has 94 valence electrons. The lowest BCUT2D eigenvalue weighted by molar-refractivity contribution is -0.128. The quantitative estimate of drug-likeness (QED) is 0.660. The first-order valence-corrected chi connectivity index (χ1v) is 6.16. The lowest BCUT2D eigenvalue weighted by atomic mass is 9.99. The Labute approximate surface area is 98.0 Å². The minimum absolute atomic E-state index is 0.0544. The van der Waals surface area contributed by atoms with Crippen LogP contribution in [0.15, 0.2) is 0 Å². The van der Waals surface area contributed by atoms with Crippen molar-refractivity contribution in [3.05, 3.63) is 0 Å². The Kier molecular flexibility index (Phi) is 5.22. The summed E-state index contributed by atoms with van der Waals surface area (Å²) in [5.74, 6) is 0.172. The first-order valence-electron chi connectivity index (χ1n) is 6.16. The molecular formula is C12H24N2O2. The van der Waals surface area contributed by atoms with Crippen molar-refractivity contribution in [3.63, 3.8) is 0 Å². The highest BCUT2D eigenvalue weighted by Gasteiger charge is 2.32. The van der Waals surface area contributed by atoms with Crippen molar-refractivity contribution in [3.8, 4) is 0 Å². The first kappa shape index (κ1) is 13.5. The van der Waals surface area contributed by atoms with Crippen LogP contribution < -0.4 is 5.32 Å². The van der Waals surface area contributed by atoms with Crippen LogP contribution in [-0.2, 0) is 4.79 Å². The van der Waals surface area contributed by atoms with Crippen LogP contribution in [0, 0.1) is 0 Å². The molecule has 0 bridgehead atoms. The number of carbonyl (C=O) groups excluding carboxylic acids is 1. The van der Waals surface area contributed by atoms with Crippen LogP contribution in [0.3, 0.4) is 0 Å². The van der Waals surface area contributed by atoms with Crippen molar-refractivity contribution in [1.29, 1.82) is 0 Å². The summed E-state index contributed by atoms with van der Waals surface area (Å²) in [4.78, 5) is 13.0. The van der Waals surface area contributed by atoms with Gasteiger partial charge in [-0.25, -0.2) is 0 Å². The van der Waals surface area contributed by atoms with E-state index in [9.17, 15) is 9.90 Å². The summed E-state index contributed by atoms with van der Waals surface area (Å²) < 4.78 is 0. The Hall–Kier alpha value is -0.610. The Morgan fingerprint density at radius 2 is 2.00 bits per heavy atom. The van der Waals surface area contributed by atoms with Crippen molar-refractivity contribution in [1.82, 2.24) is 10.2 Å². The van der Waals surface area contributed by atoms with E-state index in [1.54, 1.807) is 19.0 Å². The maximum atomic E-state index is 11.3. The molecule has 16 heavy (non-hydrogen) atoms. The van der Waals surface area contributed by atoms with E-state index in [1.807, 2.05) is 0 Å². The van der Waals surface area contributed by atoms with Crippen molar-refractivity contribution in [2.75, 3.05) is 27.2 Å². The van der Waals surface area contributed by atoms with Gasteiger partial charge in [0.15, 0.2) is 0 Å². The van der Waals surface area contributed by atoms with Crippen molar-refractivity contribution < 1.29 is 9.90 Å². The third-order valence-electron chi connectivity index (χ3n) is 3.43. The van der Waals surface area contributed by atoms with E-state index >= 15 is 0 Å². The average Bonchev–Trinajstić information content (AvgIpc) is 2.73. The molecule has 0 atom stereocenters. The van der Waals surface area contributed by atoms with Gasteiger partial charge in [0, 0.05) is 26.1 Å². The molecule has 1 rings (SSSR count). The molecule has 0 aromatic rings. The van der Waals surface area contributed by atoms with Crippen LogP contribution in [0.4, 0.5) is 0 Å². The summed E-state index contributed by atoms with van der Waals surface area (Å²) in [6.07, 6.45) is 5.95. The van der Waals surface area contributed by atoms with Gasteiger partial charge >= 0.3 is 0 Å². The third kappa shape index (κ3) is 3.76. The van der Waals surface area contributed by atoms with Gasteiger partial charge in [-0.1, -0.05) is 12.8 Å². The molecule has 0 aliphatic heterocycles. The minimum Gasteiger partial charge on any atom is -0.394 e. The molecule has 1 aliphatic rings. The molecule has 0 aromatic heterocycles. The van der Waals surface area contributed by atoms with Gasteiger partial charge < -0.3 is 15.3 Å². The number of aliphatic hydroxyl groups excluding tert-OH is 1. The Bertz CT molecular complexity index is 223. The van der Waals surface area contributed by atoms with E-state index in [1.165, 1.54) is 12.8 Å². The lowest BCUT2D eigenvalue weighted by Gasteiger charge is -2.28. The van der Waals surface area contributed by atoms with Gasteiger partial charge in [0.2, 0.25) is 5.91 Å². The first-order chi connectivity index (χ1) is 7.59. The molecule has 4 heteroatoms. The topological polar surface area (TPSA) is 52.6 Å². The van der Waals surface area contributed by atoms with Crippen LogP contribution in [0.2, 0.25) is 0 Å². The van der Waals surface area contributed by atoms with Gasteiger partial charge in [0.25, 0.3) is 0 Å². The number of rotatable bonds is 6. The highest BCUT2D eigenvalue weighted by molar-refractivity contribution is 5.75. The van der Waals surface area contributed by atoms with Crippen molar-refractivity contribution >= 4 is 5.91 Å². The zero-order chi connectivity index (χ0) is 12.0. The summed E-state index contributed by atoms with van der Waals surface area (Å²) in [6.45, 7) is 1.04. The smallest absolute Gasteiger partial charge is 0.222 e. The molecule has 1 aliphatic carbocycles. The molecule has 0 saturated heterocycles. The fraction of sp³-hybridized carbons (Fsp3) is 0.917. The SMILES string of the molecule is CN(C)C(=O)CCCNC1(CO)CCCC1. The Balaban J connectivity index is 2.17. The second-order valence-corrected chi connectivity index (χ2v) is 4.96. The number of carbonyl (C=O) groups is 1. The molecule has 0 spiro atoms. The lowest BCUT2D eigenvalue weighted by Crippen LogP contribution is -2.46. The fourth-order valence-corrected chi connectivity index (χ4v) is 2.26. The van der Waals surface area contributed by atoms with E-state index in [-0.39, 0.29) is 18.1 Å². The zero-order valence-corrected chi connectivity index (χ0v) is 10.5. The van der Waals surface area contributed by atoms with Crippen molar-refractivity contribution in [2.45, 2.75) is 44.1 Å². The second kappa shape index (κ2) is 6.21. The zero-order valence-electron chi connectivity index (χ0n) is 10.5. The highest BCUT2D eigenvalue weighted by Crippen LogP contribution is 2.28. The van der Waals surface area contributed by atoms with Crippen LogP contribution in [0.5, 0.6) is 0 Å². The molecule has 0 radical (unpaired) electrons. The summed E-state index contributed by atoms with van der Waals surface area (Å²) >= 11 is 0. The highest BCUT2D eigenvalue weighted by atomic mass is 16.3. The molecule has 1 fully saturated rings. The van der Waals surface area contributed by atoms with Gasteiger partial charge in [0.05, 0.1) is 6.61 Å². The van der Waals surface area contributed by atoms with E-state index in [0.717, 1.165) is 25.8 Å². The van der Waals surface area contributed by atoms with Gasteiger partial charge in [-0.05, 0) is 25.8 Å². The Morgan fingerprint density at radius 3 is 2.50 bits per heavy atom. The molecular weight excluding hydrogens is 204 g/mol. The summed E-state index contributed by atoms with van der Waals surface area (Å²) in [7, 11) is 3.56. The molecule has 2 N–H and O–H groups in total. The summed E-state index contributed by atoms with van der Waals surface area (Å²) in [5, 5.41) is 12.8. The van der Waals surface area contributed by atoms with Crippen LogP contribution >= 0.6 is 0 Å². The number of hydrogen-bond donors (Lipinski definition) is 2. The number of nitrogens with zero attached hydrogens (tertiary/aromatic N) is 1. The maximum Gasteiger partial charge on any atom is 0.222 e. The summed E-state index contributed by atoms with van der Waals surface area (Å²) in [5.41, 5.74) is -0.0544. The normalized spacial score (nSPS) is 18.7. The molecule has 0 unspecified atom stereocenters. The summed E-state index contributed by atoms with van der Waals surface area (Å²) in [6, 6.07) is 0. The number of hydrogen-bond acceptors (Lipinski definition) is 3. The predicted molar refractivity (Wildman–Crippen MR) is 64.2 cm³/mol. The fourth-order valence-electron chi connectivity index (χ4n) is 2.26. The Morgan fingerprint density at radius 1 is 1.38 bits per heavy atom. The van der Waals surface area contributed by atoms with E-state index in [0.29, 0.717) is 6.42 Å². The van der Waals surface area contributed by atoms with Gasteiger partial charge in [0.1, 0.15) is 0 Å². The second-order valence-electron chi connectivity index (χ2n) is 4.96. The molecule has 1 amide bonds. The largest absolute Gasteiger partial charge is 0.394 e. The van der Waals surface area contributed by atoms with Crippen LogP contribution in [0.25, 0.3) is 0 Å². The van der Waals surface area contributed by atoms with E-state index < -0.39 is 0 Å². The standard InChI is InChI=1S/C12H24N2O2/c1-14(2)11(16)6-5-9-13-12(10-15)7-3-4-8-12/h13,15H,3-10H2,1-2H3. The monoisotopic (exact) mass is 228 g/mol. The van der Waals surface area contributed by atoms with Gasteiger partial charge in [-0.15, -0.1) is 0 Å². The molecule has 0 heterocycles. The molecule has 1 saturated carbocycles. The number of nitrogens with one attached hydrogen (secondary N) is 1. The minimum atomic E-state index is -0.0544. The van der Waals surface area contributed by atoms with Crippen molar-refractivity contribution in [2.24, 2.45) is 0 Å². The van der Waals surface area contributed by atoms with Crippen LogP contribution in [0.1, 0.15) is 38.5 Å². The third-order valence-corrected chi connectivity index (χ3v) is 3.43. The molecule has 4 nitrogen and oxygen atoms in total. The van der Waals surface area contributed by atoms with Gasteiger partial charge in [-0.3, -0.25) is 4.79 Å². The number of aliphatic hydroxyl groups is 1. The van der Waals surface area contributed by atoms with E-state index in [4.69, 9.17) is 0 Å². The number of amides is 1. The molecule has 0 aromatic carbocycles. The average molecular weight is 228 g/mol. The predicted octanol–water partition coefficient (Wildman–Crippen LogP) is 0.749.